The molecule has 2 aromatic carbocycles. The summed E-state index contributed by atoms with van der Waals surface area (Å²) in [5.41, 5.74) is 1.88. The third kappa shape index (κ3) is 3.25. The third-order valence-corrected chi connectivity index (χ3v) is 2.77. The molecule has 94 valence electrons. The highest BCUT2D eigenvalue weighted by molar-refractivity contribution is 5.46. The van der Waals surface area contributed by atoms with Gasteiger partial charge in [-0.2, -0.15) is 0 Å². The van der Waals surface area contributed by atoms with E-state index in [1.807, 2.05) is 54.6 Å². The number of rotatable bonds is 5. The Hall–Kier alpha value is -2.00. The van der Waals surface area contributed by atoms with Crippen LogP contribution < -0.4 is 10.1 Å². The number of nitrogens with one attached hydrogen (secondary N) is 1. The van der Waals surface area contributed by atoms with Crippen LogP contribution in [0.15, 0.2) is 54.6 Å². The summed E-state index contributed by atoms with van der Waals surface area (Å²) < 4.78 is 5.09. The molecule has 0 aliphatic heterocycles. The minimum absolute atomic E-state index is 0.482. The Morgan fingerprint density at radius 2 is 1.72 bits per heavy atom. The van der Waals surface area contributed by atoms with Gasteiger partial charge in [0.2, 0.25) is 0 Å². The smallest absolute Gasteiger partial charge is 0.119 e. The van der Waals surface area contributed by atoms with Crippen LogP contribution in [0.5, 0.6) is 5.75 Å². The molecule has 0 amide bonds. The zero-order chi connectivity index (χ0) is 12.8. The van der Waals surface area contributed by atoms with Crippen LogP contribution in [0.3, 0.4) is 0 Å². The van der Waals surface area contributed by atoms with Crippen LogP contribution in [-0.2, 0) is 0 Å². The first-order chi connectivity index (χ1) is 8.79. The second-order valence-corrected chi connectivity index (χ2v) is 4.04. The molecule has 3 heteroatoms. The number of hydrogen-bond donors (Lipinski definition) is 2. The zero-order valence-corrected chi connectivity index (χ0v) is 10.3. The molecule has 1 unspecified atom stereocenters. The Balaban J connectivity index is 1.91. The molecule has 2 N–H and O–H groups in total. The summed E-state index contributed by atoms with van der Waals surface area (Å²) in [7, 11) is 1.64. The van der Waals surface area contributed by atoms with Gasteiger partial charge < -0.3 is 15.2 Å². The quantitative estimate of drug-likeness (QED) is 0.848. The van der Waals surface area contributed by atoms with E-state index in [4.69, 9.17) is 4.74 Å². The summed E-state index contributed by atoms with van der Waals surface area (Å²) in [4.78, 5) is 0. The van der Waals surface area contributed by atoms with Crippen molar-refractivity contribution in [1.29, 1.82) is 0 Å². The van der Waals surface area contributed by atoms with Crippen molar-refractivity contribution in [3.63, 3.8) is 0 Å². The van der Waals surface area contributed by atoms with Gasteiger partial charge in [-0.1, -0.05) is 30.3 Å². The number of benzene rings is 2. The molecule has 0 aromatic heterocycles. The number of aliphatic hydroxyl groups is 1. The first-order valence-corrected chi connectivity index (χ1v) is 5.90. The van der Waals surface area contributed by atoms with E-state index in [-0.39, 0.29) is 0 Å². The molecule has 0 saturated carbocycles. The summed E-state index contributed by atoms with van der Waals surface area (Å²) in [5.74, 6) is 0.823. The lowest BCUT2D eigenvalue weighted by atomic mass is 10.1. The molecule has 3 nitrogen and oxygen atoms in total. The molecule has 2 rings (SSSR count). The van der Waals surface area contributed by atoms with Gasteiger partial charge in [-0.15, -0.1) is 0 Å². The second kappa shape index (κ2) is 6.07. The van der Waals surface area contributed by atoms with Crippen LogP contribution in [0.1, 0.15) is 11.7 Å². The molecule has 0 radical (unpaired) electrons. The largest absolute Gasteiger partial charge is 0.497 e. The maximum absolute atomic E-state index is 10.00. The van der Waals surface area contributed by atoms with Gasteiger partial charge in [0.1, 0.15) is 5.75 Å². The van der Waals surface area contributed by atoms with Crippen LogP contribution in [0, 0.1) is 0 Å². The summed E-state index contributed by atoms with van der Waals surface area (Å²) in [5, 5.41) is 13.2. The zero-order valence-electron chi connectivity index (χ0n) is 10.3. The van der Waals surface area contributed by atoms with Gasteiger partial charge in [0.25, 0.3) is 0 Å². The molecule has 0 heterocycles. The molecule has 0 spiro atoms. The Bertz CT molecular complexity index is 468. The molecule has 2 aromatic rings. The van der Waals surface area contributed by atoms with E-state index < -0.39 is 6.10 Å². The third-order valence-electron chi connectivity index (χ3n) is 2.77. The van der Waals surface area contributed by atoms with E-state index in [0.29, 0.717) is 6.54 Å². The van der Waals surface area contributed by atoms with Crippen molar-refractivity contribution in [3.8, 4) is 5.75 Å². The highest BCUT2D eigenvalue weighted by Crippen LogP contribution is 2.17. The summed E-state index contributed by atoms with van der Waals surface area (Å²) in [6.45, 7) is 0.482. The van der Waals surface area contributed by atoms with Crippen molar-refractivity contribution < 1.29 is 9.84 Å². The van der Waals surface area contributed by atoms with Crippen molar-refractivity contribution in [2.24, 2.45) is 0 Å². The van der Waals surface area contributed by atoms with E-state index >= 15 is 0 Å². The van der Waals surface area contributed by atoms with E-state index in [0.717, 1.165) is 17.0 Å². The number of ether oxygens (including phenoxy) is 1. The number of hydrogen-bond acceptors (Lipinski definition) is 3. The van der Waals surface area contributed by atoms with E-state index in [1.165, 1.54) is 0 Å². The average Bonchev–Trinajstić information content (AvgIpc) is 2.46. The maximum Gasteiger partial charge on any atom is 0.119 e. The highest BCUT2D eigenvalue weighted by atomic mass is 16.5. The predicted octanol–water partition coefficient (Wildman–Crippen LogP) is 2.84. The molecule has 0 fully saturated rings. The molecule has 0 bridgehead atoms. The standard InChI is InChI=1S/C15H17NO2/c1-18-14-9-7-13(8-10-14)16-11-15(17)12-5-3-2-4-6-12/h2-10,15-17H,11H2,1H3. The lowest BCUT2D eigenvalue weighted by molar-refractivity contribution is 0.191. The van der Waals surface area contributed by atoms with Crippen molar-refractivity contribution in [3.05, 3.63) is 60.2 Å². The molecule has 0 aliphatic carbocycles. The minimum Gasteiger partial charge on any atom is -0.497 e. The molecular formula is C15H17NO2. The van der Waals surface area contributed by atoms with Crippen molar-refractivity contribution in [1.82, 2.24) is 0 Å². The van der Waals surface area contributed by atoms with Crippen molar-refractivity contribution in [2.45, 2.75) is 6.10 Å². The van der Waals surface area contributed by atoms with Gasteiger partial charge in [0.05, 0.1) is 13.2 Å². The Kier molecular flexibility index (Phi) is 4.20. The Morgan fingerprint density at radius 3 is 2.33 bits per heavy atom. The van der Waals surface area contributed by atoms with Crippen molar-refractivity contribution in [2.75, 3.05) is 19.0 Å². The fourth-order valence-electron chi connectivity index (χ4n) is 1.72. The fourth-order valence-corrected chi connectivity index (χ4v) is 1.72. The van der Waals surface area contributed by atoms with Gasteiger partial charge >= 0.3 is 0 Å². The van der Waals surface area contributed by atoms with Crippen molar-refractivity contribution >= 4 is 5.69 Å². The maximum atomic E-state index is 10.00. The van der Waals surface area contributed by atoms with E-state index in [1.54, 1.807) is 7.11 Å². The molecule has 0 saturated heterocycles. The highest BCUT2D eigenvalue weighted by Gasteiger charge is 2.05. The molecule has 0 aliphatic rings. The Morgan fingerprint density at radius 1 is 1.06 bits per heavy atom. The Labute approximate surface area is 107 Å². The van der Waals surface area contributed by atoms with Crippen LogP contribution in [0.2, 0.25) is 0 Å². The van der Waals surface area contributed by atoms with Gasteiger partial charge in [0.15, 0.2) is 0 Å². The SMILES string of the molecule is COc1ccc(NCC(O)c2ccccc2)cc1. The molecule has 18 heavy (non-hydrogen) atoms. The number of aliphatic hydroxyl groups excluding tert-OH is 1. The van der Waals surface area contributed by atoms with Crippen LogP contribution in [0.4, 0.5) is 5.69 Å². The van der Waals surface area contributed by atoms with Crippen LogP contribution >= 0.6 is 0 Å². The molecule has 1 atom stereocenters. The van der Waals surface area contributed by atoms with Gasteiger partial charge in [0, 0.05) is 12.2 Å². The normalized spacial score (nSPS) is 11.9. The lowest BCUT2D eigenvalue weighted by Crippen LogP contribution is -2.11. The topological polar surface area (TPSA) is 41.5 Å². The van der Waals surface area contributed by atoms with Gasteiger partial charge in [-0.25, -0.2) is 0 Å². The monoisotopic (exact) mass is 243 g/mol. The number of methoxy groups -OCH3 is 1. The predicted molar refractivity (Wildman–Crippen MR) is 72.9 cm³/mol. The summed E-state index contributed by atoms with van der Waals surface area (Å²) in [6, 6.07) is 17.2. The second-order valence-electron chi connectivity index (χ2n) is 4.04. The summed E-state index contributed by atoms with van der Waals surface area (Å²) >= 11 is 0. The van der Waals surface area contributed by atoms with Gasteiger partial charge in [-0.3, -0.25) is 0 Å². The fraction of sp³-hybridized carbons (Fsp3) is 0.200. The minimum atomic E-state index is -0.506. The first kappa shape index (κ1) is 12.5. The number of anilines is 1. The van der Waals surface area contributed by atoms with E-state index in [9.17, 15) is 5.11 Å². The lowest BCUT2D eigenvalue weighted by Gasteiger charge is -2.13. The first-order valence-electron chi connectivity index (χ1n) is 5.90. The van der Waals surface area contributed by atoms with Gasteiger partial charge in [-0.05, 0) is 29.8 Å². The van der Waals surface area contributed by atoms with E-state index in [2.05, 4.69) is 5.32 Å². The van der Waals surface area contributed by atoms with Crippen LogP contribution in [0.25, 0.3) is 0 Å². The summed E-state index contributed by atoms with van der Waals surface area (Å²) in [6.07, 6.45) is -0.506. The molecular weight excluding hydrogens is 226 g/mol. The van der Waals surface area contributed by atoms with Crippen LogP contribution in [-0.4, -0.2) is 18.8 Å². The average molecular weight is 243 g/mol.